The second-order valence-corrected chi connectivity index (χ2v) is 10.7. The zero-order chi connectivity index (χ0) is 21.2. The summed E-state index contributed by atoms with van der Waals surface area (Å²) < 4.78 is 11.5. The molecule has 1 saturated heterocycles. The predicted molar refractivity (Wildman–Crippen MR) is 121 cm³/mol. The van der Waals surface area contributed by atoms with Crippen LogP contribution < -0.4 is 10.0 Å². The first kappa shape index (κ1) is 22.5. The molecule has 1 aromatic heterocycles. The van der Waals surface area contributed by atoms with Crippen molar-refractivity contribution >= 4 is 40.4 Å². The van der Waals surface area contributed by atoms with E-state index in [1.54, 1.807) is 12.3 Å². The van der Waals surface area contributed by atoms with Gasteiger partial charge in [-0.1, -0.05) is 29.3 Å². The van der Waals surface area contributed by atoms with Crippen molar-refractivity contribution in [3.63, 3.8) is 0 Å². The Hall–Kier alpha value is -1.18. The predicted octanol–water partition coefficient (Wildman–Crippen LogP) is 4.89. The van der Waals surface area contributed by atoms with Crippen LogP contribution in [0.1, 0.15) is 44.6 Å². The molecule has 0 radical (unpaired) electrons. The van der Waals surface area contributed by atoms with Crippen LogP contribution in [0.25, 0.3) is 0 Å². The topological polar surface area (TPSA) is 85.4 Å². The highest BCUT2D eigenvalue weighted by molar-refractivity contribution is 7.90. The molecule has 1 aromatic carbocycles. The van der Waals surface area contributed by atoms with Crippen molar-refractivity contribution in [2.24, 2.45) is 11.1 Å². The van der Waals surface area contributed by atoms with E-state index in [1.807, 2.05) is 32.0 Å². The number of halogens is 2. The van der Waals surface area contributed by atoms with Crippen LogP contribution in [-0.4, -0.2) is 32.5 Å². The first-order chi connectivity index (χ1) is 13.7. The fraction of sp³-hybridized carbons (Fsp3) is 0.476. The normalized spacial score (nSPS) is 17.9. The van der Waals surface area contributed by atoms with Crippen LogP contribution >= 0.6 is 23.2 Å². The van der Waals surface area contributed by atoms with Crippen molar-refractivity contribution in [3.8, 4) is 5.75 Å². The lowest BCUT2D eigenvalue weighted by molar-refractivity contribution is 0.302. The average molecular weight is 456 g/mol. The number of phenolic OH excluding ortho intramolecular Hbond substituents is 1. The van der Waals surface area contributed by atoms with Crippen molar-refractivity contribution in [2.45, 2.75) is 43.8 Å². The Bertz CT molecular complexity index is 828. The Kier molecular flexibility index (Phi) is 7.23. The third-order valence-electron chi connectivity index (χ3n) is 5.81. The average Bonchev–Trinajstić information content (AvgIpc) is 2.70. The molecule has 2 atom stereocenters. The number of hydrogen-bond acceptors (Lipinski definition) is 5. The second-order valence-electron chi connectivity index (χ2n) is 8.21. The molecule has 1 fully saturated rings. The van der Waals surface area contributed by atoms with Gasteiger partial charge in [-0.05, 0) is 62.3 Å². The van der Waals surface area contributed by atoms with Crippen LogP contribution in [0.5, 0.6) is 5.75 Å². The fourth-order valence-corrected chi connectivity index (χ4v) is 4.74. The molecule has 0 saturated carbocycles. The van der Waals surface area contributed by atoms with E-state index < -0.39 is 16.1 Å². The summed E-state index contributed by atoms with van der Waals surface area (Å²) in [5.74, 6) is 1.36. The number of benzene rings is 1. The molecule has 1 aliphatic rings. The minimum Gasteiger partial charge on any atom is -0.598 e. The van der Waals surface area contributed by atoms with E-state index in [1.165, 1.54) is 6.07 Å². The molecule has 8 heteroatoms. The molecule has 0 bridgehead atoms. The Morgan fingerprint density at radius 3 is 2.52 bits per heavy atom. The van der Waals surface area contributed by atoms with Gasteiger partial charge in [0.2, 0.25) is 0 Å². The van der Waals surface area contributed by atoms with Crippen molar-refractivity contribution in [2.75, 3.05) is 18.0 Å². The zero-order valence-electron chi connectivity index (χ0n) is 16.6. The highest BCUT2D eigenvalue weighted by Crippen LogP contribution is 2.45. The van der Waals surface area contributed by atoms with Gasteiger partial charge >= 0.3 is 0 Å². The van der Waals surface area contributed by atoms with Crippen LogP contribution in [0, 0.1) is 5.92 Å². The highest BCUT2D eigenvalue weighted by atomic mass is 35.5. The van der Waals surface area contributed by atoms with Gasteiger partial charge in [0.25, 0.3) is 0 Å². The second kappa shape index (κ2) is 9.31. The minimum atomic E-state index is -1.49. The largest absolute Gasteiger partial charge is 0.598 e. The summed E-state index contributed by atoms with van der Waals surface area (Å²) in [4.78, 5) is 6.72. The van der Waals surface area contributed by atoms with E-state index in [0.29, 0.717) is 22.4 Å². The minimum absolute atomic E-state index is 0.0295. The van der Waals surface area contributed by atoms with Gasteiger partial charge in [-0.3, -0.25) is 0 Å². The van der Waals surface area contributed by atoms with E-state index in [9.17, 15) is 9.66 Å². The van der Waals surface area contributed by atoms with Crippen molar-refractivity contribution in [3.05, 3.63) is 52.1 Å². The summed E-state index contributed by atoms with van der Waals surface area (Å²) in [7, 11) is 0. The van der Waals surface area contributed by atoms with Crippen molar-refractivity contribution in [1.29, 1.82) is 0 Å². The molecule has 158 valence electrons. The smallest absolute Gasteiger partial charge is 0.140 e. The number of piperidine rings is 1. The third kappa shape index (κ3) is 5.30. The summed E-state index contributed by atoms with van der Waals surface area (Å²) in [6.45, 7) is 5.53. The van der Waals surface area contributed by atoms with Gasteiger partial charge in [-0.2, -0.15) is 5.14 Å². The number of hydrogen-bond donors (Lipinski definition) is 2. The maximum atomic E-state index is 12.1. The first-order valence-electron chi connectivity index (χ1n) is 9.69. The van der Waals surface area contributed by atoms with Gasteiger partial charge in [-0.15, -0.1) is 0 Å². The highest BCUT2D eigenvalue weighted by Gasteiger charge is 2.39. The number of nitrogens with two attached hydrogens (primary N) is 1. The number of pyridine rings is 1. The van der Waals surface area contributed by atoms with Gasteiger partial charge in [0.05, 0.1) is 10.0 Å². The summed E-state index contributed by atoms with van der Waals surface area (Å²) in [6, 6.07) is 9.15. The van der Waals surface area contributed by atoms with Gasteiger partial charge in [0.15, 0.2) is 0 Å². The molecular weight excluding hydrogens is 429 g/mol. The molecule has 29 heavy (non-hydrogen) atoms. The van der Waals surface area contributed by atoms with Crippen molar-refractivity contribution in [1.82, 2.24) is 4.98 Å². The van der Waals surface area contributed by atoms with Crippen LogP contribution in [0.15, 0.2) is 36.5 Å². The number of aromatic nitrogens is 1. The number of phenols is 1. The van der Waals surface area contributed by atoms with Gasteiger partial charge in [0.1, 0.15) is 16.3 Å². The quantitative estimate of drug-likeness (QED) is 0.605. The lowest BCUT2D eigenvalue weighted by atomic mass is 9.75. The van der Waals surface area contributed by atoms with E-state index in [0.717, 1.165) is 37.3 Å². The number of rotatable bonds is 6. The molecule has 0 aliphatic carbocycles. The summed E-state index contributed by atoms with van der Waals surface area (Å²) >= 11 is 10.8. The third-order valence-corrected chi connectivity index (χ3v) is 7.79. The van der Waals surface area contributed by atoms with Crippen LogP contribution in [-0.2, 0) is 11.4 Å². The van der Waals surface area contributed by atoms with E-state index in [2.05, 4.69) is 9.88 Å². The molecule has 3 N–H and O–H groups in total. The van der Waals surface area contributed by atoms with Crippen molar-refractivity contribution < 1.29 is 9.66 Å². The lowest BCUT2D eigenvalue weighted by Gasteiger charge is -2.39. The Morgan fingerprint density at radius 2 is 1.93 bits per heavy atom. The Balaban J connectivity index is 1.85. The van der Waals surface area contributed by atoms with Crippen LogP contribution in [0.4, 0.5) is 5.82 Å². The Morgan fingerprint density at radius 1 is 1.28 bits per heavy atom. The Labute approximate surface area is 185 Å². The van der Waals surface area contributed by atoms with Crippen LogP contribution in [0.3, 0.4) is 0 Å². The first-order valence-corrected chi connectivity index (χ1v) is 11.7. The lowest BCUT2D eigenvalue weighted by Crippen LogP contribution is -2.42. The molecule has 2 unspecified atom stereocenters. The summed E-state index contributed by atoms with van der Waals surface area (Å²) in [6.07, 6.45) is 4.23. The zero-order valence-corrected chi connectivity index (χ0v) is 19.0. The number of nitrogens with zero attached hydrogens (tertiary/aromatic N) is 2. The molecule has 1 aliphatic heterocycles. The van der Waals surface area contributed by atoms with Gasteiger partial charge in [-0.25, -0.2) is 4.98 Å². The molecule has 0 spiro atoms. The maximum Gasteiger partial charge on any atom is 0.140 e. The van der Waals surface area contributed by atoms with Gasteiger partial charge in [0, 0.05) is 43.1 Å². The summed E-state index contributed by atoms with van der Waals surface area (Å²) in [5, 5.41) is 17.1. The molecule has 0 amide bonds. The maximum absolute atomic E-state index is 12.1. The fourth-order valence-electron chi connectivity index (χ4n) is 4.06. The van der Waals surface area contributed by atoms with E-state index >= 15 is 0 Å². The number of aromatic hydroxyl groups is 1. The standard InChI is InChI=1S/C21H27Cl2N3O2S/c1-21(2,29(24)28)13-16(15-11-17(22)18(23)12-19(15)27)14-6-9-26(10-7-14)20-5-3-4-8-25-20/h3-5,8,11-12,14,16,27H,6-7,9-10,13,24H2,1-2H3. The molecule has 3 rings (SSSR count). The summed E-state index contributed by atoms with van der Waals surface area (Å²) in [5.41, 5.74) is 0.745. The molecular formula is C21H27Cl2N3O2S. The monoisotopic (exact) mass is 455 g/mol. The SMILES string of the molecule is CC(C)(CC(c1cc(Cl)c(Cl)cc1O)C1CCN(c2ccccn2)CC1)[S+](N)[O-]. The van der Waals surface area contributed by atoms with E-state index in [4.69, 9.17) is 28.3 Å². The van der Waals surface area contributed by atoms with E-state index in [-0.39, 0.29) is 11.7 Å². The number of anilines is 1. The van der Waals surface area contributed by atoms with Crippen LogP contribution in [0.2, 0.25) is 10.0 Å². The molecule has 5 nitrogen and oxygen atoms in total. The molecule has 2 heterocycles. The van der Waals surface area contributed by atoms with Gasteiger partial charge < -0.3 is 14.6 Å². The molecule has 2 aromatic rings.